The summed E-state index contributed by atoms with van der Waals surface area (Å²) < 4.78 is 1.75. The van der Waals surface area contributed by atoms with E-state index in [1.807, 2.05) is 12.1 Å². The Morgan fingerprint density at radius 3 is 2.85 bits per heavy atom. The molecule has 0 atom stereocenters. The van der Waals surface area contributed by atoms with Crippen LogP contribution in [0.5, 0.6) is 0 Å². The highest BCUT2D eigenvalue weighted by atomic mass is 32.1. The number of benzene rings is 1. The van der Waals surface area contributed by atoms with Crippen LogP contribution in [0.4, 0.5) is 5.13 Å². The van der Waals surface area contributed by atoms with Crippen molar-refractivity contribution in [3.8, 4) is 0 Å². The second-order valence-electron chi connectivity index (χ2n) is 6.22. The highest BCUT2D eigenvalue weighted by molar-refractivity contribution is 7.71. The summed E-state index contributed by atoms with van der Waals surface area (Å²) in [5.74, 6) is -0.177. The van der Waals surface area contributed by atoms with Gasteiger partial charge in [0, 0.05) is 17.8 Å². The quantitative estimate of drug-likeness (QED) is 0.584. The molecule has 0 saturated heterocycles. The van der Waals surface area contributed by atoms with Gasteiger partial charge in [-0.15, -0.1) is 11.3 Å². The van der Waals surface area contributed by atoms with Crippen LogP contribution < -0.4 is 10.9 Å². The summed E-state index contributed by atoms with van der Waals surface area (Å²) in [6.45, 7) is 4.42. The predicted molar refractivity (Wildman–Crippen MR) is 112 cm³/mol. The second-order valence-corrected chi connectivity index (χ2v) is 7.69. The molecule has 8 heteroatoms. The van der Waals surface area contributed by atoms with Crippen molar-refractivity contribution in [3.05, 3.63) is 50.0 Å². The van der Waals surface area contributed by atoms with Crippen LogP contribution in [-0.2, 0) is 24.2 Å². The van der Waals surface area contributed by atoms with Gasteiger partial charge in [-0.05, 0) is 37.2 Å². The zero-order valence-electron chi connectivity index (χ0n) is 15.4. The van der Waals surface area contributed by atoms with Gasteiger partial charge >= 0.3 is 0 Å². The molecule has 6 nitrogen and oxygen atoms in total. The number of carbonyl (C=O) groups is 1. The highest BCUT2D eigenvalue weighted by Crippen LogP contribution is 2.24. The summed E-state index contributed by atoms with van der Waals surface area (Å²) in [7, 11) is 0. The fraction of sp³-hybridized carbons (Fsp3) is 0.368. The van der Waals surface area contributed by atoms with Crippen LogP contribution in [0.25, 0.3) is 10.9 Å². The zero-order valence-corrected chi connectivity index (χ0v) is 17.0. The van der Waals surface area contributed by atoms with E-state index in [1.54, 1.807) is 12.1 Å². The third-order valence-electron chi connectivity index (χ3n) is 4.28. The molecule has 3 aromatic rings. The molecule has 0 aliphatic heterocycles. The van der Waals surface area contributed by atoms with Crippen molar-refractivity contribution >= 4 is 45.5 Å². The average Bonchev–Trinajstić information content (AvgIpc) is 3.03. The van der Waals surface area contributed by atoms with Crippen molar-refractivity contribution in [1.82, 2.24) is 14.5 Å². The number of nitrogens with one attached hydrogen (secondary N) is 2. The number of carbonyl (C=O) groups excluding carboxylic acids is 1. The normalized spacial score (nSPS) is 11.0. The van der Waals surface area contributed by atoms with Crippen LogP contribution in [0.3, 0.4) is 0 Å². The average molecular weight is 403 g/mol. The molecule has 0 bridgehead atoms. The maximum Gasteiger partial charge on any atom is 0.262 e. The zero-order chi connectivity index (χ0) is 19.4. The number of thiazole rings is 1. The minimum absolute atomic E-state index is 0.153. The Hall–Kier alpha value is -2.32. The number of rotatable bonds is 7. The van der Waals surface area contributed by atoms with Gasteiger partial charge in [-0.1, -0.05) is 32.4 Å². The molecule has 0 radical (unpaired) electrons. The Kier molecular flexibility index (Phi) is 6.18. The number of hydrogen-bond acceptors (Lipinski definition) is 5. The number of H-pyrrole nitrogens is 1. The van der Waals surface area contributed by atoms with Gasteiger partial charge in [0.2, 0.25) is 5.91 Å². The molecule has 1 amide bonds. The lowest BCUT2D eigenvalue weighted by atomic mass is 10.2. The first-order valence-corrected chi connectivity index (χ1v) is 10.3. The number of aromatic amines is 1. The Morgan fingerprint density at radius 1 is 1.33 bits per heavy atom. The van der Waals surface area contributed by atoms with Crippen LogP contribution >= 0.6 is 23.6 Å². The Morgan fingerprint density at radius 2 is 2.11 bits per heavy atom. The van der Waals surface area contributed by atoms with E-state index in [0.29, 0.717) is 20.8 Å². The third-order valence-corrected chi connectivity index (χ3v) is 5.76. The van der Waals surface area contributed by atoms with Gasteiger partial charge in [-0.2, -0.15) is 0 Å². The number of fused-ring (bicyclic) bond motifs is 1. The second kappa shape index (κ2) is 8.58. The number of para-hydroxylation sites is 1. The van der Waals surface area contributed by atoms with E-state index in [4.69, 9.17) is 12.2 Å². The van der Waals surface area contributed by atoms with Crippen molar-refractivity contribution < 1.29 is 4.79 Å². The Bertz CT molecular complexity index is 1080. The Balaban J connectivity index is 1.72. The SMILES string of the molecule is CCCc1nc(NC(=O)CCn2c(=S)[nH]c3ccccc3c2=O)sc1CC. The lowest BCUT2D eigenvalue weighted by Gasteiger charge is -2.07. The molecule has 0 saturated carbocycles. The molecule has 0 aliphatic carbocycles. The highest BCUT2D eigenvalue weighted by Gasteiger charge is 2.12. The maximum atomic E-state index is 12.6. The molecule has 1 aromatic carbocycles. The first-order chi connectivity index (χ1) is 13.0. The third kappa shape index (κ3) is 4.33. The topological polar surface area (TPSA) is 79.8 Å². The van der Waals surface area contributed by atoms with Crippen LogP contribution in [0.1, 0.15) is 37.3 Å². The molecule has 2 heterocycles. The van der Waals surface area contributed by atoms with Crippen LogP contribution in [0.15, 0.2) is 29.1 Å². The van der Waals surface area contributed by atoms with E-state index >= 15 is 0 Å². The molecular weight excluding hydrogens is 380 g/mol. The maximum absolute atomic E-state index is 12.6. The summed E-state index contributed by atoms with van der Waals surface area (Å²) in [5.41, 5.74) is 1.58. The molecule has 0 aliphatic rings. The lowest BCUT2D eigenvalue weighted by Crippen LogP contribution is -2.25. The minimum atomic E-state index is -0.185. The number of anilines is 1. The fourth-order valence-corrected chi connectivity index (χ4v) is 4.19. The Labute approximate surface area is 166 Å². The van der Waals surface area contributed by atoms with E-state index in [0.717, 1.165) is 25.0 Å². The molecule has 2 N–H and O–H groups in total. The minimum Gasteiger partial charge on any atom is -0.332 e. The van der Waals surface area contributed by atoms with Crippen molar-refractivity contribution in [2.24, 2.45) is 0 Å². The first-order valence-electron chi connectivity index (χ1n) is 9.03. The predicted octanol–water partition coefficient (Wildman–Crippen LogP) is 4.06. The summed E-state index contributed by atoms with van der Waals surface area (Å²) >= 11 is 6.80. The standard InChI is InChI=1S/C19H22N4O2S2/c1-3-7-14-15(4-2)27-18(20-14)22-16(24)10-11-23-17(25)12-8-5-6-9-13(12)21-19(23)26/h5-6,8-9H,3-4,7,10-11H2,1-2H3,(H,21,26)(H,20,22,24). The molecular formula is C19H22N4O2S2. The first kappa shape index (κ1) is 19.4. The summed E-state index contributed by atoms with van der Waals surface area (Å²) in [6, 6.07) is 7.21. The molecule has 142 valence electrons. The van der Waals surface area contributed by atoms with Crippen LogP contribution in [0, 0.1) is 4.77 Å². The van der Waals surface area contributed by atoms with Gasteiger partial charge in [-0.3, -0.25) is 14.2 Å². The smallest absolute Gasteiger partial charge is 0.262 e. The monoisotopic (exact) mass is 402 g/mol. The van der Waals surface area contributed by atoms with Gasteiger partial charge in [-0.25, -0.2) is 4.98 Å². The van der Waals surface area contributed by atoms with E-state index in [1.165, 1.54) is 20.8 Å². The van der Waals surface area contributed by atoms with Crippen LogP contribution in [-0.4, -0.2) is 20.4 Å². The van der Waals surface area contributed by atoms with Crippen molar-refractivity contribution in [2.75, 3.05) is 5.32 Å². The van der Waals surface area contributed by atoms with Gasteiger partial charge in [0.1, 0.15) is 0 Å². The fourth-order valence-electron chi connectivity index (χ4n) is 2.94. The van der Waals surface area contributed by atoms with Crippen molar-refractivity contribution in [3.63, 3.8) is 0 Å². The molecule has 0 spiro atoms. The summed E-state index contributed by atoms with van der Waals surface area (Å²) in [6.07, 6.45) is 2.99. The molecule has 2 aromatic heterocycles. The molecule has 27 heavy (non-hydrogen) atoms. The van der Waals surface area contributed by atoms with E-state index < -0.39 is 0 Å². The molecule has 3 rings (SSSR count). The number of hydrogen-bond donors (Lipinski definition) is 2. The summed E-state index contributed by atoms with van der Waals surface area (Å²) in [4.78, 5) is 33.7. The van der Waals surface area contributed by atoms with Gasteiger partial charge < -0.3 is 10.3 Å². The number of aryl methyl sites for hydroxylation is 2. The number of amides is 1. The van der Waals surface area contributed by atoms with Crippen LogP contribution in [0.2, 0.25) is 0 Å². The number of aromatic nitrogens is 3. The lowest BCUT2D eigenvalue weighted by molar-refractivity contribution is -0.116. The molecule has 0 fully saturated rings. The van der Waals surface area contributed by atoms with Gasteiger partial charge in [0.15, 0.2) is 9.90 Å². The summed E-state index contributed by atoms with van der Waals surface area (Å²) in [5, 5.41) is 4.03. The van der Waals surface area contributed by atoms with Gasteiger partial charge in [0.25, 0.3) is 5.56 Å². The van der Waals surface area contributed by atoms with Crippen molar-refractivity contribution in [2.45, 2.75) is 46.1 Å². The molecule has 0 unspecified atom stereocenters. The van der Waals surface area contributed by atoms with E-state index in [9.17, 15) is 9.59 Å². The largest absolute Gasteiger partial charge is 0.332 e. The van der Waals surface area contributed by atoms with E-state index in [2.05, 4.69) is 29.1 Å². The van der Waals surface area contributed by atoms with Crippen molar-refractivity contribution in [1.29, 1.82) is 0 Å². The van der Waals surface area contributed by atoms with E-state index in [-0.39, 0.29) is 24.4 Å². The number of nitrogens with zero attached hydrogens (tertiary/aromatic N) is 2. The van der Waals surface area contributed by atoms with Gasteiger partial charge in [0.05, 0.1) is 16.6 Å².